The quantitative estimate of drug-likeness (QED) is 0.115. The van der Waals surface area contributed by atoms with Crippen molar-refractivity contribution in [2.75, 3.05) is 5.32 Å². The number of hydrogen-bond donors (Lipinski definition) is 6. The highest BCUT2D eigenvalue weighted by Crippen LogP contribution is 2.15. The van der Waals surface area contributed by atoms with E-state index < -0.39 is 44.0 Å². The van der Waals surface area contributed by atoms with Crippen LogP contribution in [0.1, 0.15) is 11.1 Å². The number of urea groups is 1. The van der Waals surface area contributed by atoms with Crippen molar-refractivity contribution < 1.29 is 26.4 Å². The predicted molar refractivity (Wildman–Crippen MR) is 145 cm³/mol. The molecule has 0 radical (unpaired) electrons. The van der Waals surface area contributed by atoms with Crippen molar-refractivity contribution in [2.45, 2.75) is 29.2 Å². The SMILES string of the molecule is Cc1ccc(S(=O)(=O)NC(=O)N[C@H](Cc2ccccc2)C(=O)Nc2ccc(S(=O)(=O)NN=C(N)N)cc2)cc1. The smallest absolute Gasteiger partial charge is 0.329 e. The Kier molecular flexibility index (Phi) is 9.11. The summed E-state index contributed by atoms with van der Waals surface area (Å²) in [6, 6.07) is 17.4. The molecule has 3 aromatic rings. The van der Waals surface area contributed by atoms with Crippen LogP contribution >= 0.6 is 0 Å². The van der Waals surface area contributed by atoms with Crippen LogP contribution in [-0.2, 0) is 31.3 Å². The fourth-order valence-corrected chi connectivity index (χ4v) is 5.00. The number of rotatable bonds is 10. The molecule has 13 nitrogen and oxygen atoms in total. The molecule has 0 saturated carbocycles. The number of nitrogens with two attached hydrogens (primary N) is 2. The van der Waals surface area contributed by atoms with Gasteiger partial charge in [0, 0.05) is 12.1 Å². The van der Waals surface area contributed by atoms with Gasteiger partial charge in [-0.25, -0.2) is 17.9 Å². The van der Waals surface area contributed by atoms with Crippen LogP contribution in [-0.4, -0.2) is 40.8 Å². The molecule has 0 unspecified atom stereocenters. The van der Waals surface area contributed by atoms with Gasteiger partial charge in [0.1, 0.15) is 6.04 Å². The Balaban J connectivity index is 1.75. The van der Waals surface area contributed by atoms with E-state index in [2.05, 4.69) is 15.7 Å². The minimum atomic E-state index is -4.19. The average Bonchev–Trinajstić information content (AvgIpc) is 2.88. The first-order valence-corrected chi connectivity index (χ1v) is 14.3. The lowest BCUT2D eigenvalue weighted by Gasteiger charge is -2.19. The van der Waals surface area contributed by atoms with E-state index in [0.29, 0.717) is 5.56 Å². The zero-order chi connectivity index (χ0) is 28.6. The summed E-state index contributed by atoms with van der Waals surface area (Å²) in [4.78, 5) is 27.3. The third-order valence-corrected chi connectivity index (χ3v) is 7.76. The van der Waals surface area contributed by atoms with E-state index in [0.717, 1.165) is 5.56 Å². The number of nitrogens with one attached hydrogen (secondary N) is 4. The van der Waals surface area contributed by atoms with Crippen LogP contribution in [0.2, 0.25) is 0 Å². The Labute approximate surface area is 225 Å². The Morgan fingerprint density at radius 3 is 1.97 bits per heavy atom. The van der Waals surface area contributed by atoms with Gasteiger partial charge in [-0.1, -0.05) is 48.0 Å². The van der Waals surface area contributed by atoms with Crippen LogP contribution < -0.4 is 31.7 Å². The second-order valence-electron chi connectivity index (χ2n) is 8.28. The van der Waals surface area contributed by atoms with Crippen LogP contribution in [0, 0.1) is 6.92 Å². The van der Waals surface area contributed by atoms with E-state index in [9.17, 15) is 26.4 Å². The third-order valence-electron chi connectivity index (χ3n) is 5.19. The van der Waals surface area contributed by atoms with Gasteiger partial charge in [-0.05, 0) is 48.9 Å². The number of carbonyl (C=O) groups excluding carboxylic acids is 2. The van der Waals surface area contributed by atoms with Gasteiger partial charge in [-0.3, -0.25) is 4.79 Å². The van der Waals surface area contributed by atoms with E-state index in [1.54, 1.807) is 49.4 Å². The molecule has 206 valence electrons. The third kappa shape index (κ3) is 8.44. The van der Waals surface area contributed by atoms with Gasteiger partial charge in [0.25, 0.3) is 20.0 Å². The highest BCUT2D eigenvalue weighted by atomic mass is 32.2. The zero-order valence-electron chi connectivity index (χ0n) is 20.7. The molecule has 0 fully saturated rings. The lowest BCUT2D eigenvalue weighted by atomic mass is 10.1. The molecule has 3 aromatic carbocycles. The maximum Gasteiger partial charge on any atom is 0.329 e. The molecule has 8 N–H and O–H groups in total. The maximum absolute atomic E-state index is 13.1. The number of hydrazone groups is 1. The van der Waals surface area contributed by atoms with Gasteiger partial charge >= 0.3 is 6.03 Å². The fourth-order valence-electron chi connectivity index (χ4n) is 3.26. The van der Waals surface area contributed by atoms with E-state index >= 15 is 0 Å². The van der Waals surface area contributed by atoms with Crippen LogP contribution in [0.3, 0.4) is 0 Å². The van der Waals surface area contributed by atoms with E-state index in [1.807, 2.05) is 9.55 Å². The second-order valence-corrected chi connectivity index (χ2v) is 11.6. The van der Waals surface area contributed by atoms with Crippen LogP contribution in [0.15, 0.2) is 93.8 Å². The standard InChI is InChI=1S/C24H27N7O6S2/c1-16-7-11-19(12-8-16)38(34,35)30-24(33)28-21(15-17-5-3-2-4-6-17)22(32)27-18-9-13-20(14-10-18)39(36,37)31-29-23(25)26/h2-14,21,31H,15H2,1H3,(H,27,32)(H4,25,26,29)(H2,28,30,33)/t21-/m1/s1. The first-order chi connectivity index (χ1) is 18.4. The Hall–Kier alpha value is -4.63. The molecule has 3 amide bonds. The summed E-state index contributed by atoms with van der Waals surface area (Å²) < 4.78 is 51.5. The van der Waals surface area contributed by atoms with Crippen molar-refractivity contribution in [1.82, 2.24) is 14.9 Å². The number of hydrogen-bond acceptors (Lipinski definition) is 7. The summed E-state index contributed by atoms with van der Waals surface area (Å²) in [5.41, 5.74) is 12.0. The first kappa shape index (κ1) is 28.9. The lowest BCUT2D eigenvalue weighted by Crippen LogP contribution is -2.50. The molecule has 0 bridgehead atoms. The first-order valence-electron chi connectivity index (χ1n) is 11.3. The fraction of sp³-hybridized carbons (Fsp3) is 0.125. The van der Waals surface area contributed by atoms with Crippen molar-refractivity contribution in [3.63, 3.8) is 0 Å². The van der Waals surface area contributed by atoms with E-state index in [1.165, 1.54) is 36.4 Å². The molecule has 0 aliphatic rings. The number of anilines is 1. The summed E-state index contributed by atoms with van der Waals surface area (Å²) in [6.07, 6.45) is 0.0412. The molecular formula is C24H27N7O6S2. The summed E-state index contributed by atoms with van der Waals surface area (Å²) in [5, 5.41) is 8.24. The van der Waals surface area contributed by atoms with Gasteiger partial charge in [0.05, 0.1) is 9.79 Å². The number of nitrogens with zero attached hydrogens (tertiary/aromatic N) is 1. The number of aryl methyl sites for hydroxylation is 1. The van der Waals surface area contributed by atoms with Crippen LogP contribution in [0.5, 0.6) is 0 Å². The lowest BCUT2D eigenvalue weighted by molar-refractivity contribution is -0.117. The normalized spacial score (nSPS) is 12.0. The minimum Gasteiger partial charge on any atom is -0.369 e. The molecule has 1 atom stereocenters. The number of carbonyl (C=O) groups is 2. The molecule has 0 heterocycles. The molecule has 0 aromatic heterocycles. The number of guanidine groups is 1. The van der Waals surface area contributed by atoms with E-state index in [-0.39, 0.29) is 21.9 Å². The highest BCUT2D eigenvalue weighted by molar-refractivity contribution is 7.90. The topological polar surface area (TPSA) is 215 Å². The largest absolute Gasteiger partial charge is 0.369 e. The zero-order valence-corrected chi connectivity index (χ0v) is 22.3. The van der Waals surface area contributed by atoms with Crippen molar-refractivity contribution in [1.29, 1.82) is 0 Å². The highest BCUT2D eigenvalue weighted by Gasteiger charge is 2.25. The average molecular weight is 574 g/mol. The molecular weight excluding hydrogens is 546 g/mol. The van der Waals surface area contributed by atoms with Gasteiger partial charge in [-0.2, -0.15) is 13.2 Å². The summed E-state index contributed by atoms with van der Waals surface area (Å²) in [6.45, 7) is 1.79. The van der Waals surface area contributed by atoms with Crippen molar-refractivity contribution in [2.24, 2.45) is 16.6 Å². The Morgan fingerprint density at radius 1 is 0.821 bits per heavy atom. The molecule has 0 spiro atoms. The minimum absolute atomic E-state index is 0.0412. The van der Waals surface area contributed by atoms with Crippen molar-refractivity contribution in [3.05, 3.63) is 90.0 Å². The Morgan fingerprint density at radius 2 is 1.38 bits per heavy atom. The van der Waals surface area contributed by atoms with Gasteiger partial charge in [0.2, 0.25) is 11.9 Å². The van der Waals surface area contributed by atoms with E-state index in [4.69, 9.17) is 11.5 Å². The van der Waals surface area contributed by atoms with Gasteiger partial charge in [0.15, 0.2) is 0 Å². The molecule has 39 heavy (non-hydrogen) atoms. The van der Waals surface area contributed by atoms with Crippen LogP contribution in [0.4, 0.5) is 10.5 Å². The monoisotopic (exact) mass is 573 g/mol. The maximum atomic E-state index is 13.1. The summed E-state index contributed by atoms with van der Waals surface area (Å²) >= 11 is 0. The number of sulfonamides is 2. The summed E-state index contributed by atoms with van der Waals surface area (Å²) in [7, 11) is -8.24. The van der Waals surface area contributed by atoms with Crippen LogP contribution in [0.25, 0.3) is 0 Å². The second kappa shape index (κ2) is 12.3. The number of amides is 3. The molecule has 0 aliphatic carbocycles. The molecule has 0 aliphatic heterocycles. The predicted octanol–water partition coefficient (Wildman–Crippen LogP) is 0.700. The molecule has 15 heteroatoms. The number of benzene rings is 3. The van der Waals surface area contributed by atoms with Gasteiger partial charge < -0.3 is 22.1 Å². The molecule has 0 saturated heterocycles. The van der Waals surface area contributed by atoms with Crippen molar-refractivity contribution in [3.8, 4) is 0 Å². The van der Waals surface area contributed by atoms with Gasteiger partial charge in [-0.15, -0.1) is 5.10 Å². The Bertz CT molecular complexity index is 1560. The van der Waals surface area contributed by atoms with Crippen molar-refractivity contribution >= 4 is 43.6 Å². The molecule has 3 rings (SSSR count). The summed E-state index contributed by atoms with van der Waals surface area (Å²) in [5.74, 6) is -1.15.